The molecule has 0 aliphatic heterocycles. The zero-order valence-corrected chi connectivity index (χ0v) is 23.0. The molecule has 0 N–H and O–H groups in total. The molecule has 0 saturated carbocycles. The van der Waals surface area contributed by atoms with Gasteiger partial charge < -0.3 is 0 Å². The second-order valence-electron chi connectivity index (χ2n) is 11.6. The van der Waals surface area contributed by atoms with Crippen molar-refractivity contribution >= 4 is 28.5 Å². The maximum absolute atomic E-state index is 2.63. The van der Waals surface area contributed by atoms with Crippen LogP contribution in [-0.4, -0.2) is 0 Å². The topological polar surface area (TPSA) is 0 Å². The zero-order chi connectivity index (χ0) is 24.8. The minimum atomic E-state index is -2.13. The van der Waals surface area contributed by atoms with Gasteiger partial charge in [0.2, 0.25) is 0 Å². The summed E-state index contributed by atoms with van der Waals surface area (Å²) in [6.45, 7) is 14.4. The molecule has 0 heterocycles. The van der Waals surface area contributed by atoms with Crippen LogP contribution in [0.3, 0.4) is 0 Å². The molecule has 1 heteroatoms. The van der Waals surface area contributed by atoms with Crippen LogP contribution >= 0.6 is 7.26 Å². The second kappa shape index (κ2) is 8.76. The highest BCUT2D eigenvalue weighted by Gasteiger charge is 2.51. The third-order valence-electron chi connectivity index (χ3n) is 8.29. The Kier molecular flexibility index (Phi) is 6.01. The first-order chi connectivity index (χ1) is 16.7. The SMILES string of the molecule is Cc1ccccc1[P+](c1ccccc1)(c1ccccc1)c1cc2c(cc1C)C(C)(C)CCC2(C)C. The van der Waals surface area contributed by atoms with Crippen molar-refractivity contribution in [1.29, 1.82) is 0 Å². The van der Waals surface area contributed by atoms with Gasteiger partial charge in [-0.05, 0) is 96.2 Å². The molecular weight excluding hydrogens is 439 g/mol. The van der Waals surface area contributed by atoms with E-state index in [1.807, 2.05) is 0 Å². The predicted molar refractivity (Wildman–Crippen MR) is 156 cm³/mol. The van der Waals surface area contributed by atoms with Gasteiger partial charge in [-0.1, -0.05) is 88.4 Å². The molecule has 0 atom stereocenters. The van der Waals surface area contributed by atoms with E-state index in [0.717, 1.165) is 0 Å². The van der Waals surface area contributed by atoms with E-state index in [-0.39, 0.29) is 10.8 Å². The summed E-state index contributed by atoms with van der Waals surface area (Å²) in [4.78, 5) is 0. The van der Waals surface area contributed by atoms with Crippen LogP contribution in [0.2, 0.25) is 0 Å². The van der Waals surface area contributed by atoms with Crippen molar-refractivity contribution in [3.8, 4) is 0 Å². The van der Waals surface area contributed by atoms with E-state index in [1.165, 1.54) is 45.2 Å². The van der Waals surface area contributed by atoms with Gasteiger partial charge in [0.25, 0.3) is 0 Å². The Labute approximate surface area is 212 Å². The van der Waals surface area contributed by atoms with Crippen molar-refractivity contribution in [2.45, 2.75) is 65.2 Å². The van der Waals surface area contributed by atoms with Gasteiger partial charge >= 0.3 is 0 Å². The van der Waals surface area contributed by atoms with Gasteiger partial charge in [-0.15, -0.1) is 0 Å². The number of rotatable bonds is 4. The third kappa shape index (κ3) is 3.88. The lowest BCUT2D eigenvalue weighted by Gasteiger charge is -2.43. The number of fused-ring (bicyclic) bond motifs is 1. The first-order valence-corrected chi connectivity index (χ1v) is 14.7. The maximum atomic E-state index is 2.63. The molecule has 0 nitrogen and oxygen atoms in total. The summed E-state index contributed by atoms with van der Waals surface area (Å²) in [7, 11) is -2.13. The van der Waals surface area contributed by atoms with Gasteiger partial charge in [-0.2, -0.15) is 0 Å². The minimum absolute atomic E-state index is 0.169. The van der Waals surface area contributed by atoms with E-state index in [0.29, 0.717) is 0 Å². The lowest BCUT2D eigenvalue weighted by molar-refractivity contribution is 0.332. The van der Waals surface area contributed by atoms with Crippen LogP contribution in [0.25, 0.3) is 0 Å². The van der Waals surface area contributed by atoms with Crippen LogP contribution in [0.5, 0.6) is 0 Å². The molecule has 4 aromatic carbocycles. The second-order valence-corrected chi connectivity index (χ2v) is 14.9. The van der Waals surface area contributed by atoms with E-state index < -0.39 is 7.26 Å². The summed E-state index contributed by atoms with van der Waals surface area (Å²) >= 11 is 0. The molecule has 0 amide bonds. The number of hydrogen-bond acceptors (Lipinski definition) is 0. The lowest BCUT2D eigenvalue weighted by atomic mass is 9.63. The van der Waals surface area contributed by atoms with Crippen LogP contribution < -0.4 is 21.2 Å². The summed E-state index contributed by atoms with van der Waals surface area (Å²) in [5.74, 6) is 0. The fourth-order valence-corrected chi connectivity index (χ4v) is 10.9. The highest BCUT2D eigenvalue weighted by atomic mass is 31.2. The van der Waals surface area contributed by atoms with E-state index in [4.69, 9.17) is 0 Å². The molecule has 0 fully saturated rings. The third-order valence-corrected chi connectivity index (χ3v) is 12.9. The van der Waals surface area contributed by atoms with Crippen molar-refractivity contribution < 1.29 is 0 Å². The molecule has 0 aromatic heterocycles. The van der Waals surface area contributed by atoms with Crippen molar-refractivity contribution in [3.05, 3.63) is 119 Å². The maximum Gasteiger partial charge on any atom is 0.144 e. The summed E-state index contributed by atoms with van der Waals surface area (Å²) in [5.41, 5.74) is 6.24. The van der Waals surface area contributed by atoms with Gasteiger partial charge in [0.1, 0.15) is 28.5 Å². The van der Waals surface area contributed by atoms with Crippen molar-refractivity contribution in [3.63, 3.8) is 0 Å². The molecule has 5 rings (SSSR count). The molecule has 1 aliphatic rings. The Morgan fingerprint density at radius 2 is 0.971 bits per heavy atom. The molecule has 178 valence electrons. The van der Waals surface area contributed by atoms with Gasteiger partial charge in [-0.3, -0.25) is 0 Å². The van der Waals surface area contributed by atoms with Crippen molar-refractivity contribution in [1.82, 2.24) is 0 Å². The van der Waals surface area contributed by atoms with Gasteiger partial charge in [0.05, 0.1) is 0 Å². The first-order valence-electron chi connectivity index (χ1n) is 12.9. The molecule has 0 bridgehead atoms. The molecule has 1 aliphatic carbocycles. The van der Waals surface area contributed by atoms with Crippen LogP contribution in [0.15, 0.2) is 97.1 Å². The van der Waals surface area contributed by atoms with Crippen LogP contribution in [0.1, 0.15) is 62.8 Å². The van der Waals surface area contributed by atoms with Crippen LogP contribution in [-0.2, 0) is 10.8 Å². The van der Waals surface area contributed by atoms with E-state index in [1.54, 1.807) is 11.1 Å². The molecule has 0 radical (unpaired) electrons. The smallest absolute Gasteiger partial charge is 0.0620 e. The Morgan fingerprint density at radius 3 is 1.49 bits per heavy atom. The Morgan fingerprint density at radius 1 is 0.514 bits per heavy atom. The minimum Gasteiger partial charge on any atom is -0.0620 e. The molecule has 4 aromatic rings. The summed E-state index contributed by atoms with van der Waals surface area (Å²) in [6, 6.07) is 36.8. The Balaban J connectivity index is 1.97. The predicted octanol–water partition coefficient (Wildman–Crippen LogP) is 7.27. The van der Waals surface area contributed by atoms with Gasteiger partial charge in [0.15, 0.2) is 0 Å². The fourth-order valence-electron chi connectivity index (χ4n) is 6.15. The summed E-state index contributed by atoms with van der Waals surface area (Å²) < 4.78 is 0. The molecule has 0 unspecified atom stereocenters. The summed E-state index contributed by atoms with van der Waals surface area (Å²) in [6.07, 6.45) is 2.46. The molecular formula is C34H38P+. The lowest BCUT2D eigenvalue weighted by Crippen LogP contribution is -2.42. The average Bonchev–Trinajstić information content (AvgIpc) is 2.85. The number of hydrogen-bond donors (Lipinski definition) is 0. The largest absolute Gasteiger partial charge is 0.144 e. The quantitative estimate of drug-likeness (QED) is 0.271. The van der Waals surface area contributed by atoms with E-state index in [2.05, 4.69) is 139 Å². The normalized spacial score (nSPS) is 16.5. The van der Waals surface area contributed by atoms with Gasteiger partial charge in [-0.25, -0.2) is 0 Å². The van der Waals surface area contributed by atoms with Crippen molar-refractivity contribution in [2.24, 2.45) is 0 Å². The van der Waals surface area contributed by atoms with Crippen LogP contribution in [0, 0.1) is 13.8 Å². The Bertz CT molecular complexity index is 1310. The van der Waals surface area contributed by atoms with Crippen molar-refractivity contribution in [2.75, 3.05) is 0 Å². The van der Waals surface area contributed by atoms with Crippen LogP contribution in [0.4, 0.5) is 0 Å². The highest BCUT2D eigenvalue weighted by Crippen LogP contribution is 2.57. The number of aryl methyl sites for hydroxylation is 2. The molecule has 0 saturated heterocycles. The Hall–Kier alpha value is -2.69. The molecule has 35 heavy (non-hydrogen) atoms. The average molecular weight is 478 g/mol. The first kappa shape index (κ1) is 24.0. The van der Waals surface area contributed by atoms with E-state index >= 15 is 0 Å². The zero-order valence-electron chi connectivity index (χ0n) is 22.1. The monoisotopic (exact) mass is 477 g/mol. The summed E-state index contributed by atoms with van der Waals surface area (Å²) in [5, 5.41) is 5.83. The van der Waals surface area contributed by atoms with Gasteiger partial charge in [0, 0.05) is 0 Å². The fraction of sp³-hybridized carbons (Fsp3) is 0.294. The number of benzene rings is 4. The molecule has 0 spiro atoms. The highest BCUT2D eigenvalue weighted by molar-refractivity contribution is 8.01. The standard InChI is InChI=1S/C34H38P/c1-25-15-13-14-20-31(25)35(27-16-9-7-10-17-27,28-18-11-8-12-19-28)32-24-30-29(23-26(32)2)33(3,4)21-22-34(30,5)6/h7-20,23-24H,21-22H2,1-6H3/q+1. The van der Waals surface area contributed by atoms with E-state index in [9.17, 15) is 0 Å².